The molecular weight excluding hydrogens is 252 g/mol. The molecule has 0 radical (unpaired) electrons. The minimum atomic E-state index is -0.995. The first-order valence-corrected chi connectivity index (χ1v) is 7.64. The average Bonchev–Trinajstić information content (AvgIpc) is 2.79. The second kappa shape index (κ2) is 6.31. The molecule has 0 bridgehead atoms. The van der Waals surface area contributed by atoms with E-state index < -0.39 is 11.5 Å². The minimum Gasteiger partial charge on any atom is -0.479 e. The summed E-state index contributed by atoms with van der Waals surface area (Å²) < 4.78 is 0. The quantitative estimate of drug-likeness (QED) is 0.829. The molecule has 1 atom stereocenters. The van der Waals surface area contributed by atoms with Crippen LogP contribution in [0, 0.1) is 0 Å². The first-order valence-electron chi connectivity index (χ1n) is 6.24. The van der Waals surface area contributed by atoms with E-state index in [1.54, 1.807) is 23.7 Å². The van der Waals surface area contributed by atoms with Crippen LogP contribution in [0.3, 0.4) is 0 Å². The van der Waals surface area contributed by atoms with Gasteiger partial charge in [-0.2, -0.15) is 11.8 Å². The normalized spacial score (nSPS) is 23.2. The van der Waals surface area contributed by atoms with Crippen LogP contribution < -0.4 is 0 Å². The molecule has 1 aliphatic rings. The zero-order chi connectivity index (χ0) is 13.8. The third-order valence-electron chi connectivity index (χ3n) is 3.66. The van der Waals surface area contributed by atoms with Crippen LogP contribution in [0.25, 0.3) is 0 Å². The number of carboxylic acids is 1. The van der Waals surface area contributed by atoms with Gasteiger partial charge < -0.3 is 14.9 Å². The fraction of sp³-hybridized carbons (Fsp3) is 0.833. The summed E-state index contributed by atoms with van der Waals surface area (Å²) in [4.78, 5) is 27.0. The van der Waals surface area contributed by atoms with E-state index in [0.717, 1.165) is 12.2 Å². The highest BCUT2D eigenvalue weighted by Gasteiger charge is 2.49. The fourth-order valence-electron chi connectivity index (χ4n) is 2.43. The molecule has 0 spiro atoms. The van der Waals surface area contributed by atoms with E-state index in [9.17, 15) is 14.7 Å². The summed E-state index contributed by atoms with van der Waals surface area (Å²) in [5.41, 5.74) is -0.995. The number of rotatable bonds is 5. The van der Waals surface area contributed by atoms with Crippen LogP contribution in [-0.2, 0) is 4.79 Å². The van der Waals surface area contributed by atoms with Gasteiger partial charge in [-0.05, 0) is 25.5 Å². The number of hydrogen-bond donors (Lipinski definition) is 1. The Kier molecular flexibility index (Phi) is 5.31. The topological polar surface area (TPSA) is 60.9 Å². The van der Waals surface area contributed by atoms with Gasteiger partial charge >= 0.3 is 12.0 Å². The number of likely N-dealkylation sites (tertiary alicyclic amines) is 1. The summed E-state index contributed by atoms with van der Waals surface area (Å²) in [6, 6.07) is -0.161. The van der Waals surface area contributed by atoms with Crippen LogP contribution in [0.15, 0.2) is 0 Å². The summed E-state index contributed by atoms with van der Waals surface area (Å²) in [5.74, 6) is -0.0171. The van der Waals surface area contributed by atoms with Crippen molar-refractivity contribution in [3.63, 3.8) is 0 Å². The van der Waals surface area contributed by atoms with Gasteiger partial charge in [0.2, 0.25) is 0 Å². The van der Waals surface area contributed by atoms with Crippen LogP contribution in [0.1, 0.15) is 26.2 Å². The lowest BCUT2D eigenvalue weighted by Crippen LogP contribution is -2.56. The average molecular weight is 274 g/mol. The van der Waals surface area contributed by atoms with Crippen molar-refractivity contribution in [3.8, 4) is 0 Å². The number of thioether (sulfide) groups is 1. The highest BCUT2D eigenvalue weighted by atomic mass is 32.2. The fourth-order valence-corrected chi connectivity index (χ4v) is 2.88. The Morgan fingerprint density at radius 3 is 2.67 bits per heavy atom. The van der Waals surface area contributed by atoms with Gasteiger partial charge in [-0.15, -0.1) is 0 Å². The predicted octanol–water partition coefficient (Wildman–Crippen LogP) is 1.73. The molecule has 1 fully saturated rings. The van der Waals surface area contributed by atoms with Crippen LogP contribution in [0.4, 0.5) is 4.79 Å². The van der Waals surface area contributed by atoms with Gasteiger partial charge in [-0.1, -0.05) is 6.92 Å². The van der Waals surface area contributed by atoms with Crippen LogP contribution in [0.5, 0.6) is 0 Å². The smallest absolute Gasteiger partial charge is 0.329 e. The SMILES string of the molecule is CCC1(C(=O)O)CCCN1C(=O)N(C)CCSC. The van der Waals surface area contributed by atoms with E-state index >= 15 is 0 Å². The lowest BCUT2D eigenvalue weighted by atomic mass is 9.93. The third kappa shape index (κ3) is 2.74. The molecule has 6 heteroatoms. The maximum Gasteiger partial charge on any atom is 0.329 e. The summed E-state index contributed by atoms with van der Waals surface area (Å²) in [6.07, 6.45) is 3.77. The van der Waals surface area contributed by atoms with Gasteiger partial charge in [-0.25, -0.2) is 9.59 Å². The van der Waals surface area contributed by atoms with Gasteiger partial charge in [-0.3, -0.25) is 0 Å². The van der Waals surface area contributed by atoms with Crippen LogP contribution in [-0.4, -0.2) is 64.6 Å². The number of nitrogens with zero attached hydrogens (tertiary/aromatic N) is 2. The predicted molar refractivity (Wildman–Crippen MR) is 73.0 cm³/mol. The van der Waals surface area contributed by atoms with Crippen molar-refractivity contribution < 1.29 is 14.7 Å². The van der Waals surface area contributed by atoms with Gasteiger partial charge in [0.15, 0.2) is 0 Å². The minimum absolute atomic E-state index is 0.161. The highest BCUT2D eigenvalue weighted by molar-refractivity contribution is 7.98. The molecule has 0 aromatic heterocycles. The summed E-state index contributed by atoms with van der Waals surface area (Å²) in [7, 11) is 1.74. The Morgan fingerprint density at radius 2 is 2.17 bits per heavy atom. The van der Waals surface area contributed by atoms with Gasteiger partial charge in [0.25, 0.3) is 0 Å². The number of aliphatic carboxylic acids is 1. The van der Waals surface area contributed by atoms with E-state index in [4.69, 9.17) is 0 Å². The lowest BCUT2D eigenvalue weighted by Gasteiger charge is -2.36. The van der Waals surface area contributed by atoms with E-state index in [0.29, 0.717) is 25.9 Å². The number of carbonyl (C=O) groups excluding carboxylic acids is 1. The van der Waals surface area contributed by atoms with Crippen LogP contribution >= 0.6 is 11.8 Å². The Hall–Kier alpha value is -0.910. The van der Waals surface area contributed by atoms with Crippen molar-refractivity contribution in [2.24, 2.45) is 0 Å². The first-order chi connectivity index (χ1) is 8.49. The monoisotopic (exact) mass is 274 g/mol. The summed E-state index contributed by atoms with van der Waals surface area (Å²) in [5, 5.41) is 9.42. The van der Waals surface area contributed by atoms with Gasteiger partial charge in [0.1, 0.15) is 5.54 Å². The number of carbonyl (C=O) groups is 2. The zero-order valence-corrected chi connectivity index (χ0v) is 12.1. The molecule has 5 nitrogen and oxygen atoms in total. The van der Waals surface area contributed by atoms with E-state index in [2.05, 4.69) is 0 Å². The number of hydrogen-bond acceptors (Lipinski definition) is 3. The lowest BCUT2D eigenvalue weighted by molar-refractivity contribution is -0.148. The van der Waals surface area contributed by atoms with Crippen molar-refractivity contribution in [1.82, 2.24) is 9.80 Å². The summed E-state index contributed by atoms with van der Waals surface area (Å²) in [6.45, 7) is 3.03. The van der Waals surface area contributed by atoms with Crippen molar-refractivity contribution in [2.45, 2.75) is 31.7 Å². The Balaban J connectivity index is 2.80. The molecule has 0 aromatic rings. The first kappa shape index (κ1) is 15.1. The molecule has 2 amide bonds. The van der Waals surface area contributed by atoms with Crippen LogP contribution in [0.2, 0.25) is 0 Å². The Bertz CT molecular complexity index is 324. The molecule has 0 saturated carbocycles. The number of amides is 2. The molecule has 104 valence electrons. The molecule has 18 heavy (non-hydrogen) atoms. The van der Waals surface area contributed by atoms with Gasteiger partial charge in [0.05, 0.1) is 0 Å². The second-order valence-corrected chi connectivity index (χ2v) is 5.63. The standard InChI is InChI=1S/C12H22N2O3S/c1-4-12(10(15)16)6-5-7-14(12)11(17)13(2)8-9-18-3/h4-9H2,1-3H3,(H,15,16). The zero-order valence-electron chi connectivity index (χ0n) is 11.3. The largest absolute Gasteiger partial charge is 0.479 e. The number of carboxylic acid groups (broad SMARTS) is 1. The molecule has 1 aliphatic heterocycles. The van der Waals surface area contributed by atoms with Crippen molar-refractivity contribution in [1.29, 1.82) is 0 Å². The summed E-state index contributed by atoms with van der Waals surface area (Å²) >= 11 is 1.67. The van der Waals surface area contributed by atoms with Crippen molar-refractivity contribution >= 4 is 23.8 Å². The van der Waals surface area contributed by atoms with E-state index in [1.807, 2.05) is 13.2 Å². The van der Waals surface area contributed by atoms with Crippen molar-refractivity contribution in [2.75, 3.05) is 32.1 Å². The van der Waals surface area contributed by atoms with E-state index in [1.165, 1.54) is 4.90 Å². The third-order valence-corrected chi connectivity index (χ3v) is 4.25. The molecule has 0 aliphatic carbocycles. The molecular formula is C12H22N2O3S. The van der Waals surface area contributed by atoms with Crippen molar-refractivity contribution in [3.05, 3.63) is 0 Å². The number of urea groups is 1. The Morgan fingerprint density at radius 1 is 1.50 bits per heavy atom. The molecule has 0 aromatic carbocycles. The van der Waals surface area contributed by atoms with Gasteiger partial charge in [0, 0.05) is 25.9 Å². The maximum atomic E-state index is 12.3. The molecule has 1 N–H and O–H groups in total. The molecule has 1 rings (SSSR count). The molecule has 1 heterocycles. The maximum absolute atomic E-state index is 12.3. The second-order valence-electron chi connectivity index (χ2n) is 4.64. The Labute approximate surface area is 113 Å². The molecule has 1 saturated heterocycles. The van der Waals surface area contributed by atoms with E-state index in [-0.39, 0.29) is 6.03 Å². The molecule has 1 unspecified atom stereocenters. The highest BCUT2D eigenvalue weighted by Crippen LogP contribution is 2.33.